The number of carbonyl (C=O) groups is 4. The van der Waals surface area contributed by atoms with E-state index < -0.39 is 41.8 Å². The fraction of sp³-hybridized carbons (Fsp3) is 0.294. The zero-order valence-electron chi connectivity index (χ0n) is 14.2. The van der Waals surface area contributed by atoms with E-state index >= 15 is 0 Å². The maximum Gasteiger partial charge on any atom is 0.325 e. The molecule has 6 amide bonds. The van der Waals surface area contributed by atoms with Crippen LogP contribution in [0.4, 0.5) is 14.0 Å². The van der Waals surface area contributed by atoms with E-state index in [1.165, 1.54) is 30.3 Å². The lowest BCUT2D eigenvalue weighted by Crippen LogP contribution is -2.47. The van der Waals surface area contributed by atoms with Crippen molar-refractivity contribution in [2.75, 3.05) is 13.1 Å². The average molecular weight is 362 g/mol. The molecule has 3 N–H and O–H groups in total. The molecule has 8 nitrogen and oxygen atoms in total. The number of urea groups is 2. The molecule has 2 rings (SSSR count). The predicted octanol–water partition coefficient (Wildman–Crippen LogP) is 0.995. The van der Waals surface area contributed by atoms with Crippen LogP contribution in [0.3, 0.4) is 0 Å². The minimum atomic E-state index is -1.38. The fourth-order valence-corrected chi connectivity index (χ4v) is 2.66. The Bertz CT molecular complexity index is 750. The van der Waals surface area contributed by atoms with Crippen LogP contribution in [0.25, 0.3) is 0 Å². The first kappa shape index (κ1) is 19.1. The molecule has 1 aliphatic rings. The Morgan fingerprint density at radius 3 is 2.54 bits per heavy atom. The third kappa shape index (κ3) is 3.71. The second-order valence-electron chi connectivity index (χ2n) is 5.63. The molecule has 0 aromatic heterocycles. The summed E-state index contributed by atoms with van der Waals surface area (Å²) in [5.41, 5.74) is -0.970. The number of halogens is 1. The second-order valence-corrected chi connectivity index (χ2v) is 5.63. The van der Waals surface area contributed by atoms with Crippen molar-refractivity contribution in [3.05, 3.63) is 48.3 Å². The van der Waals surface area contributed by atoms with Crippen molar-refractivity contribution in [1.82, 2.24) is 20.9 Å². The van der Waals surface area contributed by atoms with Gasteiger partial charge in [-0.05, 0) is 24.1 Å². The molecule has 1 fully saturated rings. The fourth-order valence-electron chi connectivity index (χ4n) is 2.66. The van der Waals surface area contributed by atoms with Gasteiger partial charge >= 0.3 is 12.1 Å². The zero-order chi connectivity index (χ0) is 19.3. The first-order valence-corrected chi connectivity index (χ1v) is 7.92. The monoisotopic (exact) mass is 362 g/mol. The number of hydrogen-bond acceptors (Lipinski definition) is 4. The minimum Gasteiger partial charge on any atom is -0.334 e. The molecule has 1 atom stereocenters. The molecule has 0 spiro atoms. The molecule has 1 aromatic rings. The number of hydrogen-bond donors (Lipinski definition) is 3. The highest BCUT2D eigenvalue weighted by Gasteiger charge is 2.51. The van der Waals surface area contributed by atoms with Gasteiger partial charge in [-0.2, -0.15) is 0 Å². The van der Waals surface area contributed by atoms with Crippen LogP contribution in [-0.2, 0) is 15.1 Å². The lowest BCUT2D eigenvalue weighted by atomic mass is 9.87. The van der Waals surface area contributed by atoms with E-state index in [-0.39, 0.29) is 13.0 Å². The van der Waals surface area contributed by atoms with Crippen LogP contribution in [0.2, 0.25) is 0 Å². The molecule has 0 aliphatic carbocycles. The number of nitrogens with zero attached hydrogens (tertiary/aromatic N) is 1. The van der Waals surface area contributed by atoms with Gasteiger partial charge in [0.15, 0.2) is 0 Å². The van der Waals surface area contributed by atoms with Crippen LogP contribution in [0.15, 0.2) is 36.9 Å². The lowest BCUT2D eigenvalue weighted by molar-refractivity contribution is -0.135. The summed E-state index contributed by atoms with van der Waals surface area (Å²) in [7, 11) is 0. The Hall–Kier alpha value is -3.23. The molecule has 0 unspecified atom stereocenters. The summed E-state index contributed by atoms with van der Waals surface area (Å²) in [6.07, 6.45) is 1.64. The summed E-state index contributed by atoms with van der Waals surface area (Å²) in [5, 5.41) is 6.92. The number of benzene rings is 1. The molecule has 1 heterocycles. The van der Waals surface area contributed by atoms with Gasteiger partial charge < -0.3 is 10.6 Å². The van der Waals surface area contributed by atoms with Crippen molar-refractivity contribution in [3.8, 4) is 0 Å². The van der Waals surface area contributed by atoms with Crippen LogP contribution in [0.5, 0.6) is 0 Å². The van der Waals surface area contributed by atoms with Crippen LogP contribution >= 0.6 is 0 Å². The summed E-state index contributed by atoms with van der Waals surface area (Å²) < 4.78 is 13.2. The zero-order valence-corrected chi connectivity index (χ0v) is 14.2. The highest BCUT2D eigenvalue weighted by atomic mass is 19.1. The Labute approximate surface area is 149 Å². The van der Waals surface area contributed by atoms with Gasteiger partial charge in [0.25, 0.3) is 5.91 Å². The van der Waals surface area contributed by atoms with E-state index in [2.05, 4.69) is 17.2 Å². The highest BCUT2D eigenvalue weighted by molar-refractivity contribution is 6.10. The van der Waals surface area contributed by atoms with Gasteiger partial charge in [0.2, 0.25) is 5.91 Å². The molecule has 0 saturated carbocycles. The topological polar surface area (TPSA) is 108 Å². The van der Waals surface area contributed by atoms with Crippen LogP contribution in [-0.4, -0.2) is 41.9 Å². The van der Waals surface area contributed by atoms with E-state index in [9.17, 15) is 23.6 Å². The number of amides is 6. The molecule has 0 bridgehead atoms. The third-order valence-electron chi connectivity index (χ3n) is 4.00. The van der Waals surface area contributed by atoms with Crippen molar-refractivity contribution < 1.29 is 23.6 Å². The van der Waals surface area contributed by atoms with Crippen molar-refractivity contribution >= 4 is 23.9 Å². The first-order chi connectivity index (χ1) is 12.3. The van der Waals surface area contributed by atoms with E-state index in [1.54, 1.807) is 6.92 Å². The van der Waals surface area contributed by atoms with Gasteiger partial charge in [-0.25, -0.2) is 14.0 Å². The van der Waals surface area contributed by atoms with Gasteiger partial charge in [-0.1, -0.05) is 25.1 Å². The second kappa shape index (κ2) is 7.77. The normalized spacial score (nSPS) is 19.1. The summed E-state index contributed by atoms with van der Waals surface area (Å²) in [5.74, 6) is -1.93. The molecule has 1 aromatic carbocycles. The van der Waals surface area contributed by atoms with E-state index in [0.29, 0.717) is 5.56 Å². The molecule has 1 aliphatic heterocycles. The van der Waals surface area contributed by atoms with Crippen molar-refractivity contribution in [3.63, 3.8) is 0 Å². The summed E-state index contributed by atoms with van der Waals surface area (Å²) >= 11 is 0. The number of nitrogens with one attached hydrogen (secondary N) is 3. The molecule has 138 valence electrons. The highest BCUT2D eigenvalue weighted by Crippen LogP contribution is 2.32. The molecule has 26 heavy (non-hydrogen) atoms. The maximum absolute atomic E-state index is 13.2. The van der Waals surface area contributed by atoms with Gasteiger partial charge in [-0.3, -0.25) is 19.8 Å². The quantitative estimate of drug-likeness (QED) is 0.518. The largest absolute Gasteiger partial charge is 0.334 e. The van der Waals surface area contributed by atoms with Crippen LogP contribution < -0.4 is 16.0 Å². The maximum atomic E-state index is 13.2. The average Bonchev–Trinajstić information content (AvgIpc) is 2.85. The molecular weight excluding hydrogens is 343 g/mol. The Kier molecular flexibility index (Phi) is 5.71. The van der Waals surface area contributed by atoms with E-state index in [4.69, 9.17) is 0 Å². The Balaban J connectivity index is 2.14. The SMILES string of the molecule is C=CCNC(=O)NC(=O)CN1C(=O)N[C@@](CC)(c2ccc(F)cc2)C1=O. The molecule has 9 heteroatoms. The molecule has 1 saturated heterocycles. The standard InChI is InChI=1S/C17H19FN4O4/c1-3-9-19-15(25)20-13(23)10-22-14(24)17(4-2,21-16(22)26)11-5-7-12(18)8-6-11/h3,5-8H,1,4,9-10H2,2H3,(H,21,26)(H2,19,20,23,25)/t17-/m0/s1. The van der Waals surface area contributed by atoms with Crippen LogP contribution in [0, 0.1) is 5.82 Å². The van der Waals surface area contributed by atoms with Gasteiger partial charge in [0, 0.05) is 6.54 Å². The summed E-state index contributed by atoms with van der Waals surface area (Å²) in [4.78, 5) is 49.1. The molecular formula is C17H19FN4O4. The number of carbonyl (C=O) groups excluding carboxylic acids is 4. The Morgan fingerprint density at radius 1 is 1.31 bits per heavy atom. The predicted molar refractivity (Wildman–Crippen MR) is 90.4 cm³/mol. The summed E-state index contributed by atoms with van der Waals surface area (Å²) in [6, 6.07) is 3.66. The first-order valence-electron chi connectivity index (χ1n) is 7.92. The third-order valence-corrected chi connectivity index (χ3v) is 4.00. The van der Waals surface area contributed by atoms with Crippen molar-refractivity contribution in [1.29, 1.82) is 0 Å². The van der Waals surface area contributed by atoms with Gasteiger partial charge in [0.05, 0.1) is 0 Å². The smallest absolute Gasteiger partial charge is 0.325 e. The van der Waals surface area contributed by atoms with E-state index in [1.807, 2.05) is 5.32 Å². The number of rotatable bonds is 6. The Morgan fingerprint density at radius 2 is 1.96 bits per heavy atom. The van der Waals surface area contributed by atoms with Gasteiger partial charge in [-0.15, -0.1) is 6.58 Å². The van der Waals surface area contributed by atoms with Gasteiger partial charge in [0.1, 0.15) is 17.9 Å². The van der Waals surface area contributed by atoms with Crippen LogP contribution in [0.1, 0.15) is 18.9 Å². The molecule has 0 radical (unpaired) electrons. The van der Waals surface area contributed by atoms with Crippen molar-refractivity contribution in [2.24, 2.45) is 0 Å². The number of imide groups is 2. The van der Waals surface area contributed by atoms with Crippen molar-refractivity contribution in [2.45, 2.75) is 18.9 Å². The van der Waals surface area contributed by atoms with E-state index in [0.717, 1.165) is 4.90 Å². The minimum absolute atomic E-state index is 0.158. The lowest BCUT2D eigenvalue weighted by Gasteiger charge is -2.25. The summed E-state index contributed by atoms with van der Waals surface area (Å²) in [6.45, 7) is 4.65.